The summed E-state index contributed by atoms with van der Waals surface area (Å²) >= 11 is 0. The molecule has 1 fully saturated rings. The van der Waals surface area contributed by atoms with Gasteiger partial charge in [0.2, 0.25) is 0 Å². The molecule has 2 aromatic carbocycles. The van der Waals surface area contributed by atoms with Crippen LogP contribution in [0.5, 0.6) is 0 Å². The molecule has 1 aliphatic carbocycles. The molecule has 6 heteroatoms. The van der Waals surface area contributed by atoms with Gasteiger partial charge >= 0.3 is 12.1 Å². The van der Waals surface area contributed by atoms with Gasteiger partial charge in [-0.1, -0.05) is 48.5 Å². The Kier molecular flexibility index (Phi) is 5.26. The predicted molar refractivity (Wildman–Crippen MR) is 107 cm³/mol. The minimum absolute atomic E-state index is 0.0130. The number of halogens is 1. The third-order valence-electron chi connectivity index (χ3n) is 6.34. The lowest BCUT2D eigenvalue weighted by Gasteiger charge is -2.38. The molecule has 1 heterocycles. The third kappa shape index (κ3) is 3.48. The van der Waals surface area contributed by atoms with Gasteiger partial charge in [0.25, 0.3) is 0 Å². The average Bonchev–Trinajstić information content (AvgIpc) is 3.06. The monoisotopic (exact) mass is 397 g/mol. The third-order valence-corrected chi connectivity index (χ3v) is 6.34. The highest BCUT2D eigenvalue weighted by Gasteiger charge is 2.42. The molecule has 0 bridgehead atoms. The van der Waals surface area contributed by atoms with Gasteiger partial charge in [-0.2, -0.15) is 0 Å². The van der Waals surface area contributed by atoms with Gasteiger partial charge in [-0.25, -0.2) is 4.79 Å². The Morgan fingerprint density at radius 1 is 1.03 bits per heavy atom. The van der Waals surface area contributed by atoms with E-state index in [0.717, 1.165) is 11.1 Å². The first-order chi connectivity index (χ1) is 14.1. The van der Waals surface area contributed by atoms with Gasteiger partial charge < -0.3 is 14.7 Å². The van der Waals surface area contributed by atoms with Crippen LogP contribution in [0.2, 0.25) is 0 Å². The number of carbonyl (C=O) groups excluding carboxylic acids is 1. The molecule has 0 radical (unpaired) electrons. The summed E-state index contributed by atoms with van der Waals surface area (Å²) < 4.78 is 18.4. The summed E-state index contributed by atoms with van der Waals surface area (Å²) in [5.41, 5.74) is 3.55. The van der Waals surface area contributed by atoms with Crippen molar-refractivity contribution < 1.29 is 23.8 Å². The summed E-state index contributed by atoms with van der Waals surface area (Å²) in [6, 6.07) is 16.3. The van der Waals surface area contributed by atoms with Crippen LogP contribution in [0.25, 0.3) is 11.1 Å². The molecule has 1 amide bonds. The summed E-state index contributed by atoms with van der Waals surface area (Å²) in [6.07, 6.45) is 0.0411. The number of hydrogen-bond acceptors (Lipinski definition) is 3. The standard InChI is InChI=1S/C23H24FNO4/c24-12-9-23(21(26)27)10-13-25(14-11-23)22(28)29-15-20-18-7-3-1-5-16(18)17-6-2-4-8-19(17)20/h1-8,20H,9-15H2,(H,26,27). The van der Waals surface area contributed by atoms with Crippen LogP contribution < -0.4 is 0 Å². The van der Waals surface area contributed by atoms with Gasteiger partial charge in [0.15, 0.2) is 0 Å². The average molecular weight is 397 g/mol. The van der Waals surface area contributed by atoms with Crippen molar-refractivity contribution in [2.75, 3.05) is 26.4 Å². The van der Waals surface area contributed by atoms with Gasteiger partial charge in [0.05, 0.1) is 12.1 Å². The number of carboxylic acid groups (broad SMARTS) is 1. The molecule has 0 unspecified atom stereocenters. The molecule has 1 aliphatic heterocycles. The lowest BCUT2D eigenvalue weighted by Crippen LogP contribution is -2.47. The number of carboxylic acids is 1. The predicted octanol–water partition coefficient (Wildman–Crippen LogP) is 4.46. The van der Waals surface area contributed by atoms with Crippen molar-refractivity contribution in [2.45, 2.75) is 25.2 Å². The molecule has 0 atom stereocenters. The molecule has 1 saturated heterocycles. The summed E-state index contributed by atoms with van der Waals surface area (Å²) in [7, 11) is 0. The van der Waals surface area contributed by atoms with Crippen LogP contribution in [0, 0.1) is 5.41 Å². The first-order valence-electron chi connectivity index (χ1n) is 9.95. The van der Waals surface area contributed by atoms with Crippen molar-refractivity contribution >= 4 is 12.1 Å². The van der Waals surface area contributed by atoms with Gasteiger partial charge in [-0.05, 0) is 41.5 Å². The fourth-order valence-corrected chi connectivity index (χ4v) is 4.55. The van der Waals surface area contributed by atoms with Gasteiger partial charge in [-0.15, -0.1) is 0 Å². The number of carbonyl (C=O) groups is 2. The lowest BCUT2D eigenvalue weighted by atomic mass is 9.76. The number of nitrogens with zero attached hydrogens (tertiary/aromatic N) is 1. The molecule has 4 rings (SSSR count). The van der Waals surface area contributed by atoms with Gasteiger partial charge in [0.1, 0.15) is 6.61 Å². The fraction of sp³-hybridized carbons (Fsp3) is 0.391. The van der Waals surface area contributed by atoms with E-state index in [1.54, 1.807) is 0 Å². The Bertz CT molecular complexity index is 875. The highest BCUT2D eigenvalue weighted by Crippen LogP contribution is 2.44. The van der Waals surface area contributed by atoms with E-state index in [1.807, 2.05) is 24.3 Å². The second-order valence-electron chi connectivity index (χ2n) is 7.82. The molecule has 152 valence electrons. The summed E-state index contributed by atoms with van der Waals surface area (Å²) in [5.74, 6) is -0.997. The van der Waals surface area contributed by atoms with E-state index >= 15 is 0 Å². The largest absolute Gasteiger partial charge is 0.481 e. The van der Waals surface area contributed by atoms with Crippen molar-refractivity contribution in [3.8, 4) is 11.1 Å². The van der Waals surface area contributed by atoms with E-state index in [0.29, 0.717) is 0 Å². The maximum absolute atomic E-state index is 12.8. The minimum atomic E-state index is -1.07. The number of aliphatic carboxylic acids is 1. The van der Waals surface area contributed by atoms with Crippen LogP contribution >= 0.6 is 0 Å². The Hall–Kier alpha value is -2.89. The molecule has 0 saturated carbocycles. The smallest absolute Gasteiger partial charge is 0.409 e. The Morgan fingerprint density at radius 3 is 2.10 bits per heavy atom. The molecular weight excluding hydrogens is 373 g/mol. The quantitative estimate of drug-likeness (QED) is 0.809. The SMILES string of the molecule is O=C(OCC1c2ccccc2-c2ccccc21)N1CCC(CCF)(C(=O)O)CC1. The number of ether oxygens (including phenoxy) is 1. The van der Waals surface area contributed by atoms with E-state index in [9.17, 15) is 19.1 Å². The number of alkyl halides is 1. The molecule has 29 heavy (non-hydrogen) atoms. The zero-order valence-electron chi connectivity index (χ0n) is 16.1. The van der Waals surface area contributed by atoms with E-state index in [1.165, 1.54) is 16.0 Å². The normalized spacial score (nSPS) is 17.5. The van der Waals surface area contributed by atoms with E-state index in [-0.39, 0.29) is 44.9 Å². The zero-order valence-corrected chi connectivity index (χ0v) is 16.1. The molecule has 1 N–H and O–H groups in total. The highest BCUT2D eigenvalue weighted by molar-refractivity contribution is 5.79. The molecule has 0 aromatic heterocycles. The van der Waals surface area contributed by atoms with Crippen molar-refractivity contribution in [2.24, 2.45) is 5.41 Å². The zero-order chi connectivity index (χ0) is 20.4. The second-order valence-corrected chi connectivity index (χ2v) is 7.82. The molecule has 0 spiro atoms. The number of hydrogen-bond donors (Lipinski definition) is 1. The number of likely N-dealkylation sites (tertiary alicyclic amines) is 1. The minimum Gasteiger partial charge on any atom is -0.481 e. The van der Waals surface area contributed by atoms with E-state index < -0.39 is 24.2 Å². The maximum Gasteiger partial charge on any atom is 0.409 e. The fourth-order valence-electron chi connectivity index (χ4n) is 4.55. The van der Waals surface area contributed by atoms with Crippen LogP contribution in [0.15, 0.2) is 48.5 Å². The second kappa shape index (κ2) is 7.85. The van der Waals surface area contributed by atoms with Crippen molar-refractivity contribution in [1.29, 1.82) is 0 Å². The first kappa shape index (κ1) is 19.4. The number of fused-ring (bicyclic) bond motifs is 3. The molecule has 2 aliphatic rings. The Morgan fingerprint density at radius 2 is 1.59 bits per heavy atom. The summed E-state index contributed by atoms with van der Waals surface area (Å²) in [5, 5.41) is 9.48. The van der Waals surface area contributed by atoms with Gasteiger partial charge in [0, 0.05) is 19.0 Å². The Labute approximate surface area is 169 Å². The highest BCUT2D eigenvalue weighted by atomic mass is 19.1. The number of rotatable bonds is 5. The molecule has 5 nitrogen and oxygen atoms in total. The summed E-state index contributed by atoms with van der Waals surface area (Å²) in [4.78, 5) is 25.7. The van der Waals surface area contributed by atoms with Crippen LogP contribution in [0.1, 0.15) is 36.3 Å². The first-order valence-corrected chi connectivity index (χ1v) is 9.95. The van der Waals surface area contributed by atoms with Crippen LogP contribution in [0.3, 0.4) is 0 Å². The van der Waals surface area contributed by atoms with Crippen LogP contribution in [0.4, 0.5) is 9.18 Å². The van der Waals surface area contributed by atoms with Crippen molar-refractivity contribution in [3.05, 3.63) is 59.7 Å². The van der Waals surface area contributed by atoms with E-state index in [4.69, 9.17) is 4.74 Å². The summed E-state index contributed by atoms with van der Waals surface area (Å²) in [6.45, 7) is 0.0983. The topological polar surface area (TPSA) is 66.8 Å². The number of amides is 1. The van der Waals surface area contributed by atoms with Crippen LogP contribution in [-0.4, -0.2) is 48.4 Å². The number of piperidine rings is 1. The van der Waals surface area contributed by atoms with Crippen molar-refractivity contribution in [1.82, 2.24) is 4.90 Å². The Balaban J connectivity index is 1.42. The maximum atomic E-state index is 12.8. The van der Waals surface area contributed by atoms with E-state index in [2.05, 4.69) is 24.3 Å². The van der Waals surface area contributed by atoms with Gasteiger partial charge in [-0.3, -0.25) is 9.18 Å². The van der Waals surface area contributed by atoms with Crippen LogP contribution in [-0.2, 0) is 9.53 Å². The molecular formula is C23H24FNO4. The lowest BCUT2D eigenvalue weighted by molar-refractivity contribution is -0.152. The molecule has 2 aromatic rings. The number of benzene rings is 2. The van der Waals surface area contributed by atoms with Crippen molar-refractivity contribution in [3.63, 3.8) is 0 Å².